The standard InChI is InChI=1S/C18H20N6O/c1-12-4-3-5-16(20-12)24-11-13(10-19-24)8-18(25)21-17-9-15(14-6-7-14)22-23(17)2/h3-5,9-11,14H,6-8H2,1-2H3,(H,21,25). The molecule has 3 heterocycles. The van der Waals surface area contributed by atoms with E-state index in [-0.39, 0.29) is 12.3 Å². The highest BCUT2D eigenvalue weighted by atomic mass is 16.1. The zero-order valence-electron chi connectivity index (χ0n) is 14.3. The molecule has 7 nitrogen and oxygen atoms in total. The first-order valence-corrected chi connectivity index (χ1v) is 8.40. The van der Waals surface area contributed by atoms with E-state index in [0.717, 1.165) is 28.6 Å². The quantitative estimate of drug-likeness (QED) is 0.776. The zero-order chi connectivity index (χ0) is 17.4. The minimum Gasteiger partial charge on any atom is -0.311 e. The molecule has 1 amide bonds. The molecule has 0 spiro atoms. The van der Waals surface area contributed by atoms with Gasteiger partial charge in [0.05, 0.1) is 18.3 Å². The van der Waals surface area contributed by atoms with Crippen LogP contribution in [0.15, 0.2) is 36.7 Å². The smallest absolute Gasteiger partial charge is 0.230 e. The number of nitrogens with one attached hydrogen (secondary N) is 1. The van der Waals surface area contributed by atoms with E-state index in [1.807, 2.05) is 44.4 Å². The predicted octanol–water partition coefficient (Wildman–Crippen LogP) is 2.37. The molecular formula is C18H20N6O. The van der Waals surface area contributed by atoms with Gasteiger partial charge in [-0.1, -0.05) is 6.07 Å². The van der Waals surface area contributed by atoms with Crippen molar-refractivity contribution in [3.63, 3.8) is 0 Å². The Morgan fingerprint density at radius 3 is 2.96 bits per heavy atom. The second-order valence-corrected chi connectivity index (χ2v) is 6.51. The number of carbonyl (C=O) groups excluding carboxylic acids is 1. The second kappa shape index (κ2) is 6.16. The maximum Gasteiger partial charge on any atom is 0.230 e. The monoisotopic (exact) mass is 336 g/mol. The van der Waals surface area contributed by atoms with Gasteiger partial charge in [0.15, 0.2) is 5.82 Å². The number of anilines is 1. The van der Waals surface area contributed by atoms with Crippen LogP contribution in [0.4, 0.5) is 5.82 Å². The molecule has 3 aromatic rings. The zero-order valence-corrected chi connectivity index (χ0v) is 14.3. The molecule has 3 aromatic heterocycles. The summed E-state index contributed by atoms with van der Waals surface area (Å²) in [4.78, 5) is 16.8. The van der Waals surface area contributed by atoms with Gasteiger partial charge >= 0.3 is 0 Å². The van der Waals surface area contributed by atoms with Crippen LogP contribution < -0.4 is 5.32 Å². The van der Waals surface area contributed by atoms with Crippen molar-refractivity contribution in [3.05, 3.63) is 53.6 Å². The Hall–Kier alpha value is -2.96. The lowest BCUT2D eigenvalue weighted by Gasteiger charge is -2.03. The molecule has 0 bridgehead atoms. The van der Waals surface area contributed by atoms with Gasteiger partial charge in [-0.3, -0.25) is 9.48 Å². The summed E-state index contributed by atoms with van der Waals surface area (Å²) in [7, 11) is 1.85. The summed E-state index contributed by atoms with van der Waals surface area (Å²) in [6.45, 7) is 1.94. The van der Waals surface area contributed by atoms with E-state index in [4.69, 9.17) is 0 Å². The average molecular weight is 336 g/mol. The summed E-state index contributed by atoms with van der Waals surface area (Å²) < 4.78 is 3.41. The highest BCUT2D eigenvalue weighted by Gasteiger charge is 2.27. The summed E-state index contributed by atoms with van der Waals surface area (Å²) in [5.41, 5.74) is 2.83. The van der Waals surface area contributed by atoms with Crippen molar-refractivity contribution < 1.29 is 4.79 Å². The Morgan fingerprint density at radius 2 is 2.20 bits per heavy atom. The van der Waals surface area contributed by atoms with Crippen molar-refractivity contribution in [2.75, 3.05) is 5.32 Å². The topological polar surface area (TPSA) is 77.6 Å². The number of aryl methyl sites for hydroxylation is 2. The van der Waals surface area contributed by atoms with Crippen LogP contribution >= 0.6 is 0 Å². The van der Waals surface area contributed by atoms with Crippen LogP contribution in [0.1, 0.15) is 35.7 Å². The lowest BCUT2D eigenvalue weighted by atomic mass is 10.2. The van der Waals surface area contributed by atoms with Crippen LogP contribution in [-0.4, -0.2) is 30.5 Å². The van der Waals surface area contributed by atoms with Crippen LogP contribution in [0.5, 0.6) is 0 Å². The Kier molecular flexibility index (Phi) is 3.83. The van der Waals surface area contributed by atoms with Gasteiger partial charge in [0, 0.05) is 30.9 Å². The molecule has 1 aliphatic carbocycles. The van der Waals surface area contributed by atoms with Gasteiger partial charge in [0.2, 0.25) is 5.91 Å². The first-order chi connectivity index (χ1) is 12.1. The maximum absolute atomic E-state index is 12.3. The van der Waals surface area contributed by atoms with Crippen molar-refractivity contribution in [2.24, 2.45) is 7.05 Å². The molecule has 25 heavy (non-hydrogen) atoms. The lowest BCUT2D eigenvalue weighted by molar-refractivity contribution is -0.115. The molecule has 0 aliphatic heterocycles. The van der Waals surface area contributed by atoms with Gasteiger partial charge in [0.1, 0.15) is 5.82 Å². The first-order valence-electron chi connectivity index (χ1n) is 8.40. The molecule has 0 saturated heterocycles. The van der Waals surface area contributed by atoms with Gasteiger partial charge in [-0.05, 0) is 37.5 Å². The minimum absolute atomic E-state index is 0.0814. The van der Waals surface area contributed by atoms with Crippen molar-refractivity contribution in [3.8, 4) is 5.82 Å². The fourth-order valence-corrected chi connectivity index (χ4v) is 2.79. The third-order valence-electron chi connectivity index (χ3n) is 4.27. The van der Waals surface area contributed by atoms with E-state index >= 15 is 0 Å². The molecule has 0 aromatic carbocycles. The fraction of sp³-hybridized carbons (Fsp3) is 0.333. The van der Waals surface area contributed by atoms with Crippen molar-refractivity contribution >= 4 is 11.7 Å². The van der Waals surface area contributed by atoms with Gasteiger partial charge in [-0.25, -0.2) is 9.67 Å². The SMILES string of the molecule is Cc1cccc(-n2cc(CC(=O)Nc3cc(C4CC4)nn3C)cn2)n1. The van der Waals surface area contributed by atoms with Crippen molar-refractivity contribution in [1.29, 1.82) is 0 Å². The number of amides is 1. The Bertz CT molecular complexity index is 921. The molecule has 4 rings (SSSR count). The molecule has 1 aliphatic rings. The number of hydrogen-bond acceptors (Lipinski definition) is 4. The number of nitrogens with zero attached hydrogens (tertiary/aromatic N) is 5. The minimum atomic E-state index is -0.0814. The predicted molar refractivity (Wildman–Crippen MR) is 93.6 cm³/mol. The third-order valence-corrected chi connectivity index (χ3v) is 4.27. The van der Waals surface area contributed by atoms with Crippen molar-refractivity contribution in [1.82, 2.24) is 24.5 Å². The van der Waals surface area contributed by atoms with Gasteiger partial charge in [-0.15, -0.1) is 0 Å². The van der Waals surface area contributed by atoms with Crippen LogP contribution in [0.25, 0.3) is 5.82 Å². The van der Waals surface area contributed by atoms with E-state index in [1.165, 1.54) is 12.8 Å². The van der Waals surface area contributed by atoms with Gasteiger partial charge < -0.3 is 5.32 Å². The molecular weight excluding hydrogens is 316 g/mol. The van der Waals surface area contributed by atoms with Gasteiger partial charge in [-0.2, -0.15) is 10.2 Å². The summed E-state index contributed by atoms with van der Waals surface area (Å²) in [5, 5.41) is 11.7. The van der Waals surface area contributed by atoms with Crippen LogP contribution in [-0.2, 0) is 18.3 Å². The van der Waals surface area contributed by atoms with E-state index in [9.17, 15) is 4.79 Å². The molecule has 1 fully saturated rings. The Labute approximate surface area is 145 Å². The van der Waals surface area contributed by atoms with E-state index in [2.05, 4.69) is 20.5 Å². The normalized spacial score (nSPS) is 13.8. The Morgan fingerprint density at radius 1 is 1.36 bits per heavy atom. The number of carbonyl (C=O) groups is 1. The Balaban J connectivity index is 1.43. The average Bonchev–Trinajstić information content (AvgIpc) is 3.23. The second-order valence-electron chi connectivity index (χ2n) is 6.51. The number of aromatic nitrogens is 5. The molecule has 0 unspecified atom stereocenters. The number of pyridine rings is 1. The number of rotatable bonds is 5. The summed E-state index contributed by atoms with van der Waals surface area (Å²) >= 11 is 0. The third kappa shape index (κ3) is 3.45. The lowest BCUT2D eigenvalue weighted by Crippen LogP contribution is -2.16. The van der Waals surface area contributed by atoms with Crippen LogP contribution in [0.3, 0.4) is 0 Å². The fourth-order valence-electron chi connectivity index (χ4n) is 2.79. The first kappa shape index (κ1) is 15.6. The maximum atomic E-state index is 12.3. The molecule has 0 atom stereocenters. The molecule has 1 saturated carbocycles. The van der Waals surface area contributed by atoms with Crippen molar-refractivity contribution in [2.45, 2.75) is 32.1 Å². The molecule has 128 valence electrons. The molecule has 7 heteroatoms. The van der Waals surface area contributed by atoms with Gasteiger partial charge in [0.25, 0.3) is 0 Å². The molecule has 1 N–H and O–H groups in total. The largest absolute Gasteiger partial charge is 0.311 e. The summed E-state index contributed by atoms with van der Waals surface area (Å²) in [5.74, 6) is 1.96. The van der Waals surface area contributed by atoms with Crippen LogP contribution in [0.2, 0.25) is 0 Å². The van der Waals surface area contributed by atoms with E-state index < -0.39 is 0 Å². The van der Waals surface area contributed by atoms with Crippen LogP contribution in [0, 0.1) is 6.92 Å². The highest BCUT2D eigenvalue weighted by Crippen LogP contribution is 2.39. The summed E-state index contributed by atoms with van der Waals surface area (Å²) in [6.07, 6.45) is 6.17. The van der Waals surface area contributed by atoms with E-state index in [1.54, 1.807) is 15.6 Å². The number of hydrogen-bond donors (Lipinski definition) is 1. The van der Waals surface area contributed by atoms with E-state index in [0.29, 0.717) is 5.92 Å². The highest BCUT2D eigenvalue weighted by molar-refractivity contribution is 5.91. The summed E-state index contributed by atoms with van der Waals surface area (Å²) in [6, 6.07) is 7.73. The molecule has 0 radical (unpaired) electrons.